The van der Waals surface area contributed by atoms with Crippen LogP contribution in [0.2, 0.25) is 20.1 Å². The molecule has 0 radical (unpaired) electrons. The third-order valence-electron chi connectivity index (χ3n) is 12.6. The van der Waals surface area contributed by atoms with Crippen LogP contribution in [-0.4, -0.2) is 120 Å². The number of carbonyl (C=O) groups is 2. The van der Waals surface area contributed by atoms with Gasteiger partial charge in [0, 0.05) is 91.9 Å². The first-order chi connectivity index (χ1) is 33.0. The average molecular weight is 1130 g/mol. The van der Waals surface area contributed by atoms with Gasteiger partial charge in [0.05, 0.1) is 51.7 Å². The Morgan fingerprint density at radius 1 is 0.625 bits per heavy atom. The molecule has 0 bridgehead atoms. The standard InChI is InChI=1S/C29H33Cl2N5O3.C23H24BrCl2N3O2.2CH4/c1-28(2,3)39-27(37)36-10-8-35(9-11-36)26-21-7-6-19(30)14-22(21)23(13-18-12-20(31)15-33-25(18)26)29(4,38)24-16-32-17-34(24)5;1-23(2,3)31-22(30)29-8-6-28(7-9-29)21-17-5-4-15(25)12-18(17)19(24)11-14-10-16(26)13-27-20(14)21;;/h6-7,12-17,26,38H,8-11H2,1-5H3;4-5,10-13,21H,6-9H2,1-3H3;2*1H4/t26-,29?;21-;;/m11../s1. The Morgan fingerprint density at radius 2 is 1.06 bits per heavy atom. The highest BCUT2D eigenvalue weighted by Crippen LogP contribution is 2.47. The van der Waals surface area contributed by atoms with E-state index in [-0.39, 0.29) is 39.1 Å². The maximum atomic E-state index is 12.7. The molecule has 386 valence electrons. The van der Waals surface area contributed by atoms with Crippen molar-refractivity contribution in [2.75, 3.05) is 52.4 Å². The van der Waals surface area contributed by atoms with Gasteiger partial charge in [-0.3, -0.25) is 19.8 Å². The number of aromatic nitrogens is 4. The molecule has 2 saturated heterocycles. The molecule has 18 heteroatoms. The Hall–Kier alpha value is -4.51. The molecule has 72 heavy (non-hydrogen) atoms. The van der Waals surface area contributed by atoms with Crippen LogP contribution < -0.4 is 0 Å². The van der Waals surface area contributed by atoms with Crippen LogP contribution in [0.15, 0.2) is 73.4 Å². The predicted molar refractivity (Wildman–Crippen MR) is 295 cm³/mol. The van der Waals surface area contributed by atoms with Crippen LogP contribution in [0.3, 0.4) is 0 Å². The maximum Gasteiger partial charge on any atom is 0.410 e. The number of piperazine rings is 2. The Balaban J connectivity index is 0.000000235. The molecular formula is C54H65BrCl4N8O5. The van der Waals surface area contributed by atoms with Crippen molar-refractivity contribution in [1.82, 2.24) is 39.1 Å². The Morgan fingerprint density at radius 3 is 1.49 bits per heavy atom. The largest absolute Gasteiger partial charge is 0.444 e. The number of aryl methyl sites for hydroxylation is 1. The number of aliphatic hydroxyl groups is 1. The molecule has 3 atom stereocenters. The molecule has 5 aromatic rings. The smallest absolute Gasteiger partial charge is 0.410 e. The van der Waals surface area contributed by atoms with Crippen molar-refractivity contribution in [1.29, 1.82) is 0 Å². The molecule has 1 N–H and O–H groups in total. The summed E-state index contributed by atoms with van der Waals surface area (Å²) in [6, 6.07) is 15.2. The van der Waals surface area contributed by atoms with Gasteiger partial charge in [-0.2, -0.15) is 0 Å². The molecule has 5 heterocycles. The zero-order valence-electron chi connectivity index (χ0n) is 40.4. The molecule has 1 unspecified atom stereocenters. The number of hydrogen-bond donors (Lipinski definition) is 1. The minimum Gasteiger partial charge on any atom is -0.444 e. The number of fused-ring (bicyclic) bond motifs is 4. The van der Waals surface area contributed by atoms with E-state index in [4.69, 9.17) is 65.8 Å². The summed E-state index contributed by atoms with van der Waals surface area (Å²) in [6.45, 7) is 17.9. The van der Waals surface area contributed by atoms with Gasteiger partial charge in [0.15, 0.2) is 0 Å². The molecule has 2 aromatic carbocycles. The van der Waals surface area contributed by atoms with E-state index in [1.807, 2.05) is 103 Å². The van der Waals surface area contributed by atoms with Crippen molar-refractivity contribution in [3.8, 4) is 0 Å². The number of imidazole rings is 1. The Kier molecular flexibility index (Phi) is 17.8. The highest BCUT2D eigenvalue weighted by molar-refractivity contribution is 9.15. The van der Waals surface area contributed by atoms with Crippen molar-refractivity contribution in [3.05, 3.63) is 144 Å². The number of benzene rings is 2. The van der Waals surface area contributed by atoms with Gasteiger partial charge >= 0.3 is 12.2 Å². The minimum absolute atomic E-state index is 0. The van der Waals surface area contributed by atoms with Gasteiger partial charge in [-0.25, -0.2) is 14.6 Å². The number of hydrogen-bond acceptors (Lipinski definition) is 10. The van der Waals surface area contributed by atoms with Gasteiger partial charge in [0.1, 0.15) is 16.8 Å². The number of carbonyl (C=O) groups excluding carboxylic acids is 2. The van der Waals surface area contributed by atoms with Crippen molar-refractivity contribution < 1.29 is 24.2 Å². The van der Waals surface area contributed by atoms with Crippen LogP contribution in [0.4, 0.5) is 9.59 Å². The van der Waals surface area contributed by atoms with E-state index in [0.717, 1.165) is 49.3 Å². The number of pyridine rings is 2. The second kappa shape index (κ2) is 22.5. The zero-order valence-corrected chi connectivity index (χ0v) is 45.1. The van der Waals surface area contributed by atoms with E-state index in [9.17, 15) is 14.7 Å². The van der Waals surface area contributed by atoms with Gasteiger partial charge in [0.2, 0.25) is 0 Å². The van der Waals surface area contributed by atoms with E-state index in [1.54, 1.807) is 46.2 Å². The van der Waals surface area contributed by atoms with Crippen LogP contribution in [0.1, 0.15) is 126 Å². The Labute approximate surface area is 452 Å². The fourth-order valence-corrected chi connectivity index (χ4v) is 10.7. The van der Waals surface area contributed by atoms with E-state index >= 15 is 0 Å². The van der Waals surface area contributed by atoms with E-state index in [2.05, 4.69) is 36.8 Å². The van der Waals surface area contributed by atoms with E-state index < -0.39 is 16.8 Å². The third kappa shape index (κ3) is 12.5. The summed E-state index contributed by atoms with van der Waals surface area (Å²) in [5.74, 6) is 0. The lowest BCUT2D eigenvalue weighted by molar-refractivity contribution is 0.0109. The molecule has 13 nitrogen and oxygen atoms in total. The summed E-state index contributed by atoms with van der Waals surface area (Å²) in [5, 5.41) is 14.4. The fraction of sp³-hybridized carbons (Fsp3) is 0.426. The molecule has 2 aliphatic heterocycles. The van der Waals surface area contributed by atoms with E-state index in [0.29, 0.717) is 83.7 Å². The lowest BCUT2D eigenvalue weighted by atomic mass is 9.84. The van der Waals surface area contributed by atoms with Gasteiger partial charge in [-0.15, -0.1) is 0 Å². The zero-order chi connectivity index (χ0) is 50.4. The lowest BCUT2D eigenvalue weighted by Gasteiger charge is -2.40. The summed E-state index contributed by atoms with van der Waals surface area (Å²) in [4.78, 5) is 47.1. The topological polar surface area (TPSA) is 129 Å². The molecule has 9 rings (SSSR count). The lowest BCUT2D eigenvalue weighted by Crippen LogP contribution is -2.51. The van der Waals surface area contributed by atoms with Crippen molar-refractivity contribution >= 4 is 96.7 Å². The number of halogens is 5. The molecule has 3 aromatic heterocycles. The van der Waals surface area contributed by atoms with Gasteiger partial charge in [0.25, 0.3) is 0 Å². The molecule has 2 amide bonds. The number of nitrogens with zero attached hydrogens (tertiary/aromatic N) is 8. The summed E-state index contributed by atoms with van der Waals surface area (Å²) in [5.41, 5.74) is 6.33. The molecule has 2 fully saturated rings. The van der Waals surface area contributed by atoms with Gasteiger partial charge in [-0.1, -0.05) is 89.3 Å². The van der Waals surface area contributed by atoms with Crippen LogP contribution in [0.25, 0.3) is 22.2 Å². The first-order valence-corrected chi connectivity index (χ1v) is 25.4. The molecule has 4 aliphatic rings. The molecule has 0 spiro atoms. The van der Waals surface area contributed by atoms with Gasteiger partial charge < -0.3 is 28.9 Å². The van der Waals surface area contributed by atoms with E-state index in [1.165, 1.54) is 0 Å². The van der Waals surface area contributed by atoms with Crippen LogP contribution in [0, 0.1) is 0 Å². The second-order valence-corrected chi connectivity index (χ2v) is 22.6. The molecule has 2 aliphatic carbocycles. The second-order valence-electron chi connectivity index (χ2n) is 20.0. The summed E-state index contributed by atoms with van der Waals surface area (Å²) in [6.07, 6.45) is 10.1. The maximum absolute atomic E-state index is 12.7. The van der Waals surface area contributed by atoms with Crippen molar-refractivity contribution in [3.63, 3.8) is 0 Å². The summed E-state index contributed by atoms with van der Waals surface area (Å²) in [7, 11) is 1.85. The first kappa shape index (κ1) is 56.8. The molecular weight excluding hydrogens is 1060 g/mol. The third-order valence-corrected chi connectivity index (χ3v) is 14.1. The normalized spacial score (nSPS) is 18.8. The highest BCUT2D eigenvalue weighted by Gasteiger charge is 2.40. The van der Waals surface area contributed by atoms with Crippen LogP contribution in [-0.2, 0) is 22.1 Å². The monoisotopic (exact) mass is 1120 g/mol. The van der Waals surface area contributed by atoms with Crippen LogP contribution in [0.5, 0.6) is 0 Å². The summed E-state index contributed by atoms with van der Waals surface area (Å²) < 4.78 is 13.9. The highest BCUT2D eigenvalue weighted by atomic mass is 79.9. The Bertz CT molecular complexity index is 2860. The number of amides is 2. The summed E-state index contributed by atoms with van der Waals surface area (Å²) >= 11 is 29.3. The number of rotatable bonds is 4. The van der Waals surface area contributed by atoms with Crippen LogP contribution >= 0.6 is 62.3 Å². The average Bonchev–Trinajstić information content (AvgIpc) is 3.63. The predicted octanol–water partition coefficient (Wildman–Crippen LogP) is 13.0. The van der Waals surface area contributed by atoms with Crippen molar-refractivity contribution in [2.24, 2.45) is 7.05 Å². The SMILES string of the molecule is C.C.CC(C)(C)OC(=O)N1CCN([C@@H]2c3ccc(Cl)cc3C(Br)=Cc3cc(Cl)cnc32)CC1.Cn1cncc1C(C)(O)C1=Cc2cc(Cl)cnc2[C@H](N2CCN(C(=O)OC(C)(C)C)CC2)c2ccc(Cl)cc21. The molecule has 0 saturated carbocycles. The van der Waals surface area contributed by atoms with Gasteiger partial charge in [-0.05, 0) is 130 Å². The minimum atomic E-state index is -1.39. The first-order valence-electron chi connectivity index (χ1n) is 23.1. The fourth-order valence-electron chi connectivity index (χ4n) is 9.42. The quantitative estimate of drug-likeness (QED) is 0.186. The number of ether oxygens (including phenoxy) is 2. The van der Waals surface area contributed by atoms with Crippen molar-refractivity contribution in [2.45, 2.75) is 92.2 Å².